The van der Waals surface area contributed by atoms with Crippen LogP contribution in [-0.4, -0.2) is 33.1 Å². The van der Waals surface area contributed by atoms with Gasteiger partial charge in [0.05, 0.1) is 32.5 Å². The van der Waals surface area contributed by atoms with Crippen LogP contribution in [0.25, 0.3) is 6.08 Å². The summed E-state index contributed by atoms with van der Waals surface area (Å²) in [5.41, 5.74) is 1.42. The first-order valence-electron chi connectivity index (χ1n) is 9.68. The van der Waals surface area contributed by atoms with Gasteiger partial charge in [-0.15, -0.1) is 0 Å². The predicted octanol–water partition coefficient (Wildman–Crippen LogP) is 4.55. The predicted molar refractivity (Wildman–Crippen MR) is 117 cm³/mol. The highest BCUT2D eigenvalue weighted by Crippen LogP contribution is 2.35. The Morgan fingerprint density at radius 3 is 2.22 bits per heavy atom. The molecule has 0 aromatic heterocycles. The summed E-state index contributed by atoms with van der Waals surface area (Å²) < 4.78 is 26.8. The smallest absolute Gasteiger partial charge is 0.343 e. The largest absolute Gasteiger partial charge is 0.497 e. The highest BCUT2D eigenvalue weighted by atomic mass is 16.5. The molecule has 1 aliphatic heterocycles. The summed E-state index contributed by atoms with van der Waals surface area (Å²) in [6, 6.07) is 16.6. The minimum Gasteiger partial charge on any atom is -0.497 e. The van der Waals surface area contributed by atoms with E-state index in [2.05, 4.69) is 0 Å². The number of hydrogen-bond donors (Lipinski definition) is 0. The van der Waals surface area contributed by atoms with Gasteiger partial charge in [0.15, 0.2) is 5.76 Å². The molecule has 0 fully saturated rings. The van der Waals surface area contributed by atoms with Gasteiger partial charge in [-0.3, -0.25) is 4.79 Å². The Labute approximate surface area is 184 Å². The number of hydrogen-bond acceptors (Lipinski definition) is 7. The summed E-state index contributed by atoms with van der Waals surface area (Å²) in [5, 5.41) is 0. The minimum atomic E-state index is -0.599. The first-order valence-corrected chi connectivity index (χ1v) is 9.68. The number of ketones is 1. The molecule has 162 valence electrons. The molecular formula is C25H20O7. The Bertz CT molecular complexity index is 1200. The summed E-state index contributed by atoms with van der Waals surface area (Å²) in [5.74, 6) is 1.48. The van der Waals surface area contributed by atoms with Crippen LogP contribution in [0.1, 0.15) is 26.3 Å². The molecule has 7 heteroatoms. The number of carbonyl (C=O) groups is 2. The van der Waals surface area contributed by atoms with E-state index in [-0.39, 0.29) is 22.9 Å². The van der Waals surface area contributed by atoms with Gasteiger partial charge < -0.3 is 23.7 Å². The molecule has 0 saturated heterocycles. The zero-order chi connectivity index (χ0) is 22.7. The lowest BCUT2D eigenvalue weighted by atomic mass is 10.1. The van der Waals surface area contributed by atoms with Crippen LogP contribution in [0, 0.1) is 0 Å². The van der Waals surface area contributed by atoms with E-state index >= 15 is 0 Å². The third-order valence-electron chi connectivity index (χ3n) is 4.83. The number of fused-ring (bicyclic) bond motifs is 1. The first kappa shape index (κ1) is 21.0. The molecule has 3 aromatic rings. The van der Waals surface area contributed by atoms with Gasteiger partial charge in [-0.1, -0.05) is 12.1 Å². The molecule has 0 saturated carbocycles. The molecule has 4 rings (SSSR count). The molecule has 1 aliphatic rings. The summed E-state index contributed by atoms with van der Waals surface area (Å²) in [7, 11) is 4.56. The van der Waals surface area contributed by atoms with Crippen molar-refractivity contribution < 1.29 is 33.3 Å². The van der Waals surface area contributed by atoms with Crippen molar-refractivity contribution in [2.75, 3.05) is 21.3 Å². The van der Waals surface area contributed by atoms with Crippen molar-refractivity contribution in [3.8, 4) is 28.7 Å². The van der Waals surface area contributed by atoms with Crippen molar-refractivity contribution in [1.82, 2.24) is 0 Å². The van der Waals surface area contributed by atoms with Crippen LogP contribution < -0.4 is 23.7 Å². The Morgan fingerprint density at radius 1 is 0.812 bits per heavy atom. The fourth-order valence-corrected chi connectivity index (χ4v) is 3.20. The molecule has 0 bridgehead atoms. The third kappa shape index (κ3) is 4.27. The molecule has 0 radical (unpaired) electrons. The maximum absolute atomic E-state index is 12.7. The topological polar surface area (TPSA) is 80.3 Å². The van der Waals surface area contributed by atoms with Gasteiger partial charge in [-0.05, 0) is 48.0 Å². The number of rotatable bonds is 6. The number of esters is 1. The van der Waals surface area contributed by atoms with Crippen molar-refractivity contribution in [2.24, 2.45) is 0 Å². The normalized spacial score (nSPS) is 13.3. The third-order valence-corrected chi connectivity index (χ3v) is 4.83. The van der Waals surface area contributed by atoms with E-state index in [0.29, 0.717) is 28.6 Å². The second-order valence-corrected chi connectivity index (χ2v) is 6.87. The van der Waals surface area contributed by atoms with Gasteiger partial charge >= 0.3 is 5.97 Å². The Morgan fingerprint density at radius 2 is 1.53 bits per heavy atom. The van der Waals surface area contributed by atoms with Crippen LogP contribution in [0.4, 0.5) is 0 Å². The van der Waals surface area contributed by atoms with Crippen LogP contribution >= 0.6 is 0 Å². The van der Waals surface area contributed by atoms with Crippen LogP contribution in [-0.2, 0) is 0 Å². The molecule has 3 aromatic carbocycles. The lowest BCUT2D eigenvalue weighted by Crippen LogP contribution is -2.09. The molecular weight excluding hydrogens is 412 g/mol. The summed E-state index contributed by atoms with van der Waals surface area (Å²) >= 11 is 0. The highest BCUT2D eigenvalue weighted by Gasteiger charge is 2.28. The molecule has 7 nitrogen and oxygen atoms in total. The second kappa shape index (κ2) is 8.85. The van der Waals surface area contributed by atoms with Crippen molar-refractivity contribution in [3.63, 3.8) is 0 Å². The maximum atomic E-state index is 12.7. The van der Waals surface area contributed by atoms with Gasteiger partial charge in [0, 0.05) is 12.1 Å². The standard InChI is InChI=1S/C25H20O7/c1-28-17-6-4-5-15(9-17)10-23-24(26)21-8-7-18(14-22(21)32-23)31-25(27)16-11-19(29-2)13-20(12-16)30-3/h4-14H,1-3H3/b23-10-. The number of carbonyl (C=O) groups excluding carboxylic acids is 2. The van der Waals surface area contributed by atoms with Crippen LogP contribution in [0.3, 0.4) is 0 Å². The second-order valence-electron chi connectivity index (χ2n) is 6.87. The van der Waals surface area contributed by atoms with E-state index < -0.39 is 5.97 Å². The van der Waals surface area contributed by atoms with Gasteiger partial charge in [0.2, 0.25) is 5.78 Å². The van der Waals surface area contributed by atoms with E-state index in [9.17, 15) is 9.59 Å². The molecule has 1 heterocycles. The fraction of sp³-hybridized carbons (Fsp3) is 0.120. The molecule has 0 unspecified atom stereocenters. The van der Waals surface area contributed by atoms with Gasteiger partial charge in [-0.2, -0.15) is 0 Å². The van der Waals surface area contributed by atoms with E-state index in [1.54, 1.807) is 49.6 Å². The van der Waals surface area contributed by atoms with Gasteiger partial charge in [0.1, 0.15) is 28.7 Å². The molecule has 0 atom stereocenters. The van der Waals surface area contributed by atoms with Crippen molar-refractivity contribution in [3.05, 3.63) is 83.1 Å². The van der Waals surface area contributed by atoms with Gasteiger partial charge in [-0.25, -0.2) is 4.79 Å². The van der Waals surface area contributed by atoms with Crippen LogP contribution in [0.5, 0.6) is 28.7 Å². The number of methoxy groups -OCH3 is 3. The quantitative estimate of drug-likeness (QED) is 0.321. The maximum Gasteiger partial charge on any atom is 0.343 e. The number of allylic oxidation sites excluding steroid dienone is 1. The van der Waals surface area contributed by atoms with E-state index in [4.69, 9.17) is 23.7 Å². The zero-order valence-corrected chi connectivity index (χ0v) is 17.7. The van der Waals surface area contributed by atoms with E-state index in [1.807, 2.05) is 18.2 Å². The Kier molecular flexibility index (Phi) is 5.81. The van der Waals surface area contributed by atoms with Crippen LogP contribution in [0.15, 0.2) is 66.4 Å². The van der Waals surface area contributed by atoms with Gasteiger partial charge in [0.25, 0.3) is 0 Å². The summed E-state index contributed by atoms with van der Waals surface area (Å²) in [4.78, 5) is 25.3. The molecule has 32 heavy (non-hydrogen) atoms. The monoisotopic (exact) mass is 432 g/mol. The van der Waals surface area contributed by atoms with E-state index in [0.717, 1.165) is 5.56 Å². The summed E-state index contributed by atoms with van der Waals surface area (Å²) in [6.45, 7) is 0. The number of ether oxygens (including phenoxy) is 5. The van der Waals surface area contributed by atoms with Crippen molar-refractivity contribution in [1.29, 1.82) is 0 Å². The number of benzene rings is 3. The molecule has 0 aliphatic carbocycles. The average Bonchev–Trinajstić information content (AvgIpc) is 3.13. The van der Waals surface area contributed by atoms with E-state index in [1.165, 1.54) is 20.3 Å². The first-order chi connectivity index (χ1) is 15.5. The lowest BCUT2D eigenvalue weighted by Gasteiger charge is -2.09. The fourth-order valence-electron chi connectivity index (χ4n) is 3.20. The molecule has 0 N–H and O–H groups in total. The highest BCUT2D eigenvalue weighted by molar-refractivity contribution is 6.14. The molecule has 0 spiro atoms. The Balaban J connectivity index is 1.55. The molecule has 0 amide bonds. The minimum absolute atomic E-state index is 0.175. The zero-order valence-electron chi connectivity index (χ0n) is 17.7. The van der Waals surface area contributed by atoms with Crippen LogP contribution in [0.2, 0.25) is 0 Å². The Hall–Kier alpha value is -4.26. The van der Waals surface area contributed by atoms with Crippen molar-refractivity contribution in [2.45, 2.75) is 0 Å². The lowest BCUT2D eigenvalue weighted by molar-refractivity contribution is 0.0733. The summed E-state index contributed by atoms with van der Waals surface area (Å²) in [6.07, 6.45) is 1.64. The van der Waals surface area contributed by atoms with Crippen molar-refractivity contribution >= 4 is 17.8 Å². The SMILES string of the molecule is COc1cccc(/C=C2\Oc3cc(OC(=O)c4cc(OC)cc(OC)c4)ccc3C2=O)c1. The average molecular weight is 432 g/mol. The number of Topliss-reactive ketones (excluding diaryl/α,β-unsaturated/α-hetero) is 1.